The van der Waals surface area contributed by atoms with Crippen LogP contribution in [0.3, 0.4) is 0 Å². The summed E-state index contributed by atoms with van der Waals surface area (Å²) in [7, 11) is 3.10. The maximum Gasteiger partial charge on any atom is 0.326 e. The average molecular weight is 251 g/mol. The van der Waals surface area contributed by atoms with Gasteiger partial charge in [-0.1, -0.05) is 6.07 Å². The molecule has 1 aromatic rings. The van der Waals surface area contributed by atoms with Gasteiger partial charge in [0.25, 0.3) is 0 Å². The predicted molar refractivity (Wildman–Crippen MR) is 66.0 cm³/mol. The van der Waals surface area contributed by atoms with Crippen LogP contribution < -0.4 is 0 Å². The lowest BCUT2D eigenvalue weighted by Crippen LogP contribution is -2.46. The number of aliphatic carboxylic acids is 1. The van der Waals surface area contributed by atoms with Crippen molar-refractivity contribution in [2.75, 3.05) is 14.1 Å². The van der Waals surface area contributed by atoms with Crippen molar-refractivity contribution < 1.29 is 14.7 Å². The molecule has 6 nitrogen and oxygen atoms in total. The number of pyridine rings is 1. The van der Waals surface area contributed by atoms with Crippen LogP contribution in [0.5, 0.6) is 0 Å². The predicted octanol–water partition coefficient (Wildman–Crippen LogP) is 1.04. The molecule has 1 aromatic heterocycles. The number of nitrogens with zero attached hydrogens (tertiary/aromatic N) is 3. The van der Waals surface area contributed by atoms with Crippen LogP contribution >= 0.6 is 0 Å². The monoisotopic (exact) mass is 251 g/mol. The van der Waals surface area contributed by atoms with Crippen molar-refractivity contribution in [1.29, 1.82) is 0 Å². The molecule has 0 spiro atoms. The lowest BCUT2D eigenvalue weighted by atomic mass is 10.2. The van der Waals surface area contributed by atoms with E-state index in [0.717, 1.165) is 5.56 Å². The quantitative estimate of drug-likeness (QED) is 0.867. The number of aromatic nitrogens is 1. The number of carbonyl (C=O) groups is 2. The van der Waals surface area contributed by atoms with Crippen LogP contribution in [0.25, 0.3) is 0 Å². The fourth-order valence-corrected chi connectivity index (χ4v) is 1.43. The molecule has 0 saturated heterocycles. The van der Waals surface area contributed by atoms with Crippen LogP contribution in [0.4, 0.5) is 4.79 Å². The van der Waals surface area contributed by atoms with E-state index < -0.39 is 12.0 Å². The van der Waals surface area contributed by atoms with Crippen molar-refractivity contribution >= 4 is 12.0 Å². The van der Waals surface area contributed by atoms with Crippen molar-refractivity contribution in [1.82, 2.24) is 14.8 Å². The number of hydrogen-bond acceptors (Lipinski definition) is 3. The van der Waals surface area contributed by atoms with Gasteiger partial charge in [0.2, 0.25) is 0 Å². The maximum absolute atomic E-state index is 12.0. The molecular formula is C12H17N3O3. The minimum Gasteiger partial charge on any atom is -0.480 e. The summed E-state index contributed by atoms with van der Waals surface area (Å²) < 4.78 is 0. The van der Waals surface area contributed by atoms with E-state index in [1.165, 1.54) is 23.8 Å². The molecule has 0 radical (unpaired) electrons. The molecule has 0 saturated carbocycles. The van der Waals surface area contributed by atoms with Gasteiger partial charge in [-0.25, -0.2) is 9.59 Å². The van der Waals surface area contributed by atoms with E-state index in [1.807, 2.05) is 6.07 Å². The largest absolute Gasteiger partial charge is 0.480 e. The van der Waals surface area contributed by atoms with Crippen LogP contribution in [0, 0.1) is 0 Å². The van der Waals surface area contributed by atoms with Gasteiger partial charge in [-0.2, -0.15) is 0 Å². The zero-order valence-corrected chi connectivity index (χ0v) is 10.7. The summed E-state index contributed by atoms with van der Waals surface area (Å²) in [6.07, 6.45) is 3.33. The summed E-state index contributed by atoms with van der Waals surface area (Å²) in [6.45, 7) is 1.86. The SMILES string of the molecule is CC(C(=O)O)N(C)C(=O)N(C)Cc1cccnc1. The Morgan fingerprint density at radius 3 is 2.61 bits per heavy atom. The molecule has 0 aliphatic rings. The van der Waals surface area contributed by atoms with Crippen LogP contribution in [0.15, 0.2) is 24.5 Å². The lowest BCUT2D eigenvalue weighted by Gasteiger charge is -2.27. The molecule has 0 fully saturated rings. The van der Waals surface area contributed by atoms with Gasteiger partial charge in [0.05, 0.1) is 0 Å². The van der Waals surface area contributed by atoms with Crippen molar-refractivity contribution in [2.24, 2.45) is 0 Å². The highest BCUT2D eigenvalue weighted by Gasteiger charge is 2.24. The van der Waals surface area contributed by atoms with E-state index in [4.69, 9.17) is 5.11 Å². The van der Waals surface area contributed by atoms with Crippen LogP contribution in [0.1, 0.15) is 12.5 Å². The summed E-state index contributed by atoms with van der Waals surface area (Å²) in [5, 5.41) is 8.85. The Morgan fingerprint density at radius 1 is 1.44 bits per heavy atom. The van der Waals surface area contributed by atoms with E-state index in [1.54, 1.807) is 25.5 Å². The molecular weight excluding hydrogens is 234 g/mol. The third kappa shape index (κ3) is 3.44. The summed E-state index contributed by atoms with van der Waals surface area (Å²) >= 11 is 0. The number of carboxylic acid groups (broad SMARTS) is 1. The van der Waals surface area contributed by atoms with Crippen molar-refractivity contribution in [2.45, 2.75) is 19.5 Å². The molecule has 1 unspecified atom stereocenters. The Bertz CT molecular complexity index is 422. The fraction of sp³-hybridized carbons (Fsp3) is 0.417. The van der Waals surface area contributed by atoms with E-state index in [2.05, 4.69) is 4.98 Å². The second-order valence-electron chi connectivity index (χ2n) is 4.13. The number of amides is 2. The molecule has 98 valence electrons. The van der Waals surface area contributed by atoms with Crippen LogP contribution in [-0.4, -0.2) is 52.0 Å². The first kappa shape index (κ1) is 14.0. The Morgan fingerprint density at radius 2 is 2.11 bits per heavy atom. The van der Waals surface area contributed by atoms with Gasteiger partial charge < -0.3 is 14.9 Å². The van der Waals surface area contributed by atoms with Gasteiger partial charge in [0, 0.05) is 33.0 Å². The van der Waals surface area contributed by atoms with Crippen molar-refractivity contribution in [3.05, 3.63) is 30.1 Å². The molecule has 1 N–H and O–H groups in total. The standard InChI is InChI=1S/C12H17N3O3/c1-9(11(16)17)15(3)12(18)14(2)8-10-5-4-6-13-7-10/h4-7,9H,8H2,1-3H3,(H,16,17). The molecule has 2 amide bonds. The lowest BCUT2D eigenvalue weighted by molar-refractivity contribution is -0.141. The van der Waals surface area contributed by atoms with E-state index in [0.29, 0.717) is 6.54 Å². The van der Waals surface area contributed by atoms with Gasteiger partial charge in [-0.3, -0.25) is 4.98 Å². The first-order chi connectivity index (χ1) is 8.43. The van der Waals surface area contributed by atoms with Gasteiger partial charge in [-0.15, -0.1) is 0 Å². The van der Waals surface area contributed by atoms with E-state index in [-0.39, 0.29) is 6.03 Å². The number of hydrogen-bond donors (Lipinski definition) is 1. The van der Waals surface area contributed by atoms with Gasteiger partial charge in [0.15, 0.2) is 0 Å². The van der Waals surface area contributed by atoms with Crippen LogP contribution in [0.2, 0.25) is 0 Å². The van der Waals surface area contributed by atoms with Gasteiger partial charge in [0.1, 0.15) is 6.04 Å². The molecule has 1 heterocycles. The summed E-state index contributed by atoms with van der Waals surface area (Å²) in [5.74, 6) is -1.03. The minimum atomic E-state index is -1.03. The molecule has 0 aliphatic heterocycles. The highest BCUT2D eigenvalue weighted by molar-refractivity contribution is 5.82. The smallest absolute Gasteiger partial charge is 0.326 e. The third-order valence-corrected chi connectivity index (χ3v) is 2.71. The molecule has 1 rings (SSSR count). The van der Waals surface area contributed by atoms with Gasteiger partial charge in [-0.05, 0) is 18.6 Å². The molecule has 6 heteroatoms. The number of carboxylic acids is 1. The second-order valence-corrected chi connectivity index (χ2v) is 4.13. The zero-order valence-electron chi connectivity index (χ0n) is 10.7. The Kier molecular flexibility index (Phi) is 4.65. The molecule has 1 atom stereocenters. The summed E-state index contributed by atoms with van der Waals surface area (Å²) in [5.41, 5.74) is 0.893. The summed E-state index contributed by atoms with van der Waals surface area (Å²) in [6, 6.07) is 2.46. The molecule has 18 heavy (non-hydrogen) atoms. The first-order valence-electron chi connectivity index (χ1n) is 5.53. The number of rotatable bonds is 4. The second kappa shape index (κ2) is 6.00. The van der Waals surface area contributed by atoms with E-state index >= 15 is 0 Å². The summed E-state index contributed by atoms with van der Waals surface area (Å²) in [4.78, 5) is 29.4. The fourth-order valence-electron chi connectivity index (χ4n) is 1.43. The van der Waals surface area contributed by atoms with Crippen molar-refractivity contribution in [3.8, 4) is 0 Å². The highest BCUT2D eigenvalue weighted by atomic mass is 16.4. The Hall–Kier alpha value is -2.11. The maximum atomic E-state index is 12.0. The zero-order chi connectivity index (χ0) is 13.7. The third-order valence-electron chi connectivity index (χ3n) is 2.71. The van der Waals surface area contributed by atoms with E-state index in [9.17, 15) is 9.59 Å². The topological polar surface area (TPSA) is 73.7 Å². The number of carbonyl (C=O) groups excluding carboxylic acids is 1. The molecule has 0 aliphatic carbocycles. The number of urea groups is 1. The Balaban J connectivity index is 2.64. The van der Waals surface area contributed by atoms with Crippen molar-refractivity contribution in [3.63, 3.8) is 0 Å². The van der Waals surface area contributed by atoms with Crippen LogP contribution in [-0.2, 0) is 11.3 Å². The Labute approximate surface area is 106 Å². The van der Waals surface area contributed by atoms with Gasteiger partial charge >= 0.3 is 12.0 Å². The number of likely N-dealkylation sites (N-methyl/N-ethyl adjacent to an activating group) is 1. The average Bonchev–Trinajstić information content (AvgIpc) is 2.37. The highest BCUT2D eigenvalue weighted by Crippen LogP contribution is 2.06. The molecule has 0 aromatic carbocycles. The minimum absolute atomic E-state index is 0.339. The normalized spacial score (nSPS) is 11.7. The first-order valence-corrected chi connectivity index (χ1v) is 5.53. The molecule has 0 bridgehead atoms.